The second-order valence-corrected chi connectivity index (χ2v) is 5.79. The van der Waals surface area contributed by atoms with Crippen molar-refractivity contribution in [2.24, 2.45) is 5.10 Å². The molecule has 3 rings (SSSR count). The van der Waals surface area contributed by atoms with Gasteiger partial charge in [-0.2, -0.15) is 5.10 Å². The Balaban J connectivity index is 1.53. The van der Waals surface area contributed by atoms with E-state index in [-0.39, 0.29) is 12.5 Å². The van der Waals surface area contributed by atoms with Crippen LogP contribution in [0.3, 0.4) is 0 Å². The van der Waals surface area contributed by atoms with Gasteiger partial charge in [-0.05, 0) is 29.1 Å². The molecule has 0 aromatic heterocycles. The molecule has 0 fully saturated rings. The highest BCUT2D eigenvalue weighted by Crippen LogP contribution is 2.22. The summed E-state index contributed by atoms with van der Waals surface area (Å²) in [7, 11) is 1.33. The van der Waals surface area contributed by atoms with Gasteiger partial charge in [-0.1, -0.05) is 48.5 Å². The van der Waals surface area contributed by atoms with Crippen molar-refractivity contribution in [2.75, 3.05) is 19.0 Å². The molecular formula is C21H19N3O3. The van der Waals surface area contributed by atoms with Crippen molar-refractivity contribution in [2.45, 2.75) is 0 Å². The van der Waals surface area contributed by atoms with Gasteiger partial charge in [0.05, 0.1) is 25.4 Å². The average Bonchev–Trinajstić information content (AvgIpc) is 2.72. The van der Waals surface area contributed by atoms with E-state index >= 15 is 0 Å². The van der Waals surface area contributed by atoms with E-state index < -0.39 is 5.97 Å². The number of carbonyl (C=O) groups excluding carboxylic acids is 2. The third-order valence-electron chi connectivity index (χ3n) is 3.96. The van der Waals surface area contributed by atoms with Gasteiger partial charge in [0.15, 0.2) is 0 Å². The lowest BCUT2D eigenvalue weighted by Crippen LogP contribution is -2.25. The number of nitrogens with zero attached hydrogens (tertiary/aromatic N) is 1. The summed E-state index contributed by atoms with van der Waals surface area (Å²) in [6.45, 7) is 0.104. The first-order valence-corrected chi connectivity index (χ1v) is 8.39. The van der Waals surface area contributed by atoms with Gasteiger partial charge in [-0.15, -0.1) is 0 Å². The van der Waals surface area contributed by atoms with Gasteiger partial charge in [-0.3, -0.25) is 4.79 Å². The molecule has 3 aromatic rings. The number of fused-ring (bicyclic) bond motifs is 1. The number of hydrogen-bond donors (Lipinski definition) is 2. The molecule has 1 amide bonds. The van der Waals surface area contributed by atoms with Gasteiger partial charge in [0, 0.05) is 11.1 Å². The number of hydrazone groups is 1. The number of amides is 1. The summed E-state index contributed by atoms with van der Waals surface area (Å²) in [5.41, 5.74) is 4.58. The predicted octanol–water partition coefficient (Wildman–Crippen LogP) is 3.19. The second kappa shape index (κ2) is 8.62. The summed E-state index contributed by atoms with van der Waals surface area (Å²) in [6.07, 6.45) is 1.51. The van der Waals surface area contributed by atoms with Crippen LogP contribution in [0.1, 0.15) is 15.9 Å². The molecule has 0 bridgehead atoms. The van der Waals surface area contributed by atoms with E-state index in [9.17, 15) is 9.59 Å². The molecule has 0 saturated carbocycles. The summed E-state index contributed by atoms with van der Waals surface area (Å²) in [5, 5.41) is 9.22. The Bertz CT molecular complexity index is 976. The molecule has 3 aromatic carbocycles. The predicted molar refractivity (Wildman–Crippen MR) is 106 cm³/mol. The Labute approximate surface area is 156 Å². The lowest BCUT2D eigenvalue weighted by Gasteiger charge is -2.08. The van der Waals surface area contributed by atoms with Crippen molar-refractivity contribution >= 4 is 34.6 Å². The monoisotopic (exact) mass is 361 g/mol. The summed E-state index contributed by atoms with van der Waals surface area (Å²) in [4.78, 5) is 23.4. The minimum absolute atomic E-state index is 0.104. The quantitative estimate of drug-likeness (QED) is 0.401. The van der Waals surface area contributed by atoms with E-state index in [1.54, 1.807) is 24.3 Å². The molecule has 0 heterocycles. The fraction of sp³-hybridized carbons (Fsp3) is 0.0952. The fourth-order valence-corrected chi connectivity index (χ4v) is 2.60. The van der Waals surface area contributed by atoms with Crippen LogP contribution in [0.5, 0.6) is 0 Å². The summed E-state index contributed by atoms with van der Waals surface area (Å²) >= 11 is 0. The van der Waals surface area contributed by atoms with Crippen LogP contribution in [0.4, 0.5) is 5.69 Å². The normalized spacial score (nSPS) is 10.7. The summed E-state index contributed by atoms with van der Waals surface area (Å²) < 4.78 is 4.64. The molecule has 27 heavy (non-hydrogen) atoms. The minimum atomic E-state index is -0.397. The van der Waals surface area contributed by atoms with E-state index in [4.69, 9.17) is 0 Å². The molecule has 6 heteroatoms. The lowest BCUT2D eigenvalue weighted by atomic mass is 10.1. The number of carbonyl (C=O) groups is 2. The maximum Gasteiger partial charge on any atom is 0.337 e. The van der Waals surface area contributed by atoms with Gasteiger partial charge in [0.2, 0.25) is 0 Å². The van der Waals surface area contributed by atoms with Gasteiger partial charge in [-0.25, -0.2) is 10.2 Å². The molecule has 0 aliphatic heterocycles. The number of esters is 1. The average molecular weight is 361 g/mol. The van der Waals surface area contributed by atoms with Crippen molar-refractivity contribution in [1.29, 1.82) is 0 Å². The van der Waals surface area contributed by atoms with E-state index in [0.29, 0.717) is 5.56 Å². The molecule has 0 aliphatic rings. The third kappa shape index (κ3) is 4.70. The molecule has 0 aliphatic carbocycles. The molecule has 2 N–H and O–H groups in total. The van der Waals surface area contributed by atoms with Gasteiger partial charge in [0.25, 0.3) is 5.91 Å². The van der Waals surface area contributed by atoms with Gasteiger partial charge >= 0.3 is 5.97 Å². The number of benzene rings is 3. The number of anilines is 1. The zero-order chi connectivity index (χ0) is 19.1. The Kier molecular flexibility index (Phi) is 5.79. The summed E-state index contributed by atoms with van der Waals surface area (Å²) in [5.74, 6) is -0.656. The van der Waals surface area contributed by atoms with Crippen LogP contribution in [0.15, 0.2) is 71.8 Å². The van der Waals surface area contributed by atoms with Crippen LogP contribution in [0.25, 0.3) is 10.8 Å². The Morgan fingerprint density at radius 2 is 1.74 bits per heavy atom. The molecule has 6 nitrogen and oxygen atoms in total. The smallest absolute Gasteiger partial charge is 0.337 e. The van der Waals surface area contributed by atoms with E-state index in [1.165, 1.54) is 13.3 Å². The topological polar surface area (TPSA) is 79.8 Å². The standard InChI is InChI=1S/C21H19N3O3/c1-27-21(26)17-11-9-15(10-12-17)13-23-24-20(25)14-22-19-8-4-6-16-5-2-3-7-18(16)19/h2-13,22H,14H2,1H3,(H,24,25)/b23-13-. The van der Waals surface area contributed by atoms with Crippen molar-refractivity contribution in [1.82, 2.24) is 5.43 Å². The largest absolute Gasteiger partial charge is 0.465 e. The van der Waals surface area contributed by atoms with Crippen LogP contribution in [0, 0.1) is 0 Å². The highest BCUT2D eigenvalue weighted by Gasteiger charge is 2.04. The molecule has 0 saturated heterocycles. The molecular weight excluding hydrogens is 342 g/mol. The summed E-state index contributed by atoms with van der Waals surface area (Å²) in [6, 6.07) is 20.6. The maximum absolute atomic E-state index is 12.0. The second-order valence-electron chi connectivity index (χ2n) is 5.79. The van der Waals surface area contributed by atoms with Crippen molar-refractivity contribution in [3.05, 3.63) is 77.9 Å². The first kappa shape index (κ1) is 18.1. The highest BCUT2D eigenvalue weighted by atomic mass is 16.5. The van der Waals surface area contributed by atoms with Crippen molar-refractivity contribution in [3.8, 4) is 0 Å². The zero-order valence-corrected chi connectivity index (χ0v) is 14.8. The van der Waals surface area contributed by atoms with Crippen LogP contribution in [-0.2, 0) is 9.53 Å². The van der Waals surface area contributed by atoms with Gasteiger partial charge in [0.1, 0.15) is 0 Å². The number of nitrogens with one attached hydrogen (secondary N) is 2. The van der Waals surface area contributed by atoms with Crippen molar-refractivity contribution < 1.29 is 14.3 Å². The van der Waals surface area contributed by atoms with Crippen LogP contribution >= 0.6 is 0 Å². The van der Waals surface area contributed by atoms with E-state index in [2.05, 4.69) is 20.6 Å². The maximum atomic E-state index is 12.0. The Morgan fingerprint density at radius 3 is 2.52 bits per heavy atom. The van der Waals surface area contributed by atoms with Gasteiger partial charge < -0.3 is 10.1 Å². The Morgan fingerprint density at radius 1 is 1.00 bits per heavy atom. The SMILES string of the molecule is COC(=O)c1ccc(/C=N\NC(=O)CNc2cccc3ccccc23)cc1. The molecule has 0 unspecified atom stereocenters. The first-order valence-electron chi connectivity index (χ1n) is 8.39. The third-order valence-corrected chi connectivity index (χ3v) is 3.96. The molecule has 136 valence electrons. The first-order chi connectivity index (χ1) is 13.2. The zero-order valence-electron chi connectivity index (χ0n) is 14.8. The van der Waals surface area contributed by atoms with Crippen LogP contribution in [0.2, 0.25) is 0 Å². The highest BCUT2D eigenvalue weighted by molar-refractivity contribution is 5.95. The Hall–Kier alpha value is -3.67. The lowest BCUT2D eigenvalue weighted by molar-refractivity contribution is -0.119. The van der Waals surface area contributed by atoms with E-state index in [1.807, 2.05) is 42.5 Å². The molecule has 0 atom stereocenters. The molecule has 0 spiro atoms. The fourth-order valence-electron chi connectivity index (χ4n) is 2.60. The van der Waals surface area contributed by atoms with Crippen LogP contribution < -0.4 is 10.7 Å². The number of rotatable bonds is 6. The number of ether oxygens (including phenoxy) is 1. The molecule has 0 radical (unpaired) electrons. The minimum Gasteiger partial charge on any atom is -0.465 e. The van der Waals surface area contributed by atoms with E-state index in [0.717, 1.165) is 22.0 Å². The van der Waals surface area contributed by atoms with Crippen molar-refractivity contribution in [3.63, 3.8) is 0 Å². The number of hydrogen-bond acceptors (Lipinski definition) is 5. The number of methoxy groups -OCH3 is 1. The van der Waals surface area contributed by atoms with Crippen LogP contribution in [-0.4, -0.2) is 31.7 Å².